The van der Waals surface area contributed by atoms with Crippen LogP contribution in [0.3, 0.4) is 0 Å². The first-order valence-corrected chi connectivity index (χ1v) is 13.6. The SMILES string of the molecule is COc1ccc(NC(=O)CSc2ccc(NC(=O)/C(=C/c3cccc(Cl)c3)NC(=O)c3ccccc3)cc2)cc1. The Bertz CT molecular complexity index is 1510. The van der Waals surface area contributed by atoms with Gasteiger partial charge in [0.15, 0.2) is 0 Å². The number of halogens is 1. The smallest absolute Gasteiger partial charge is 0.272 e. The van der Waals surface area contributed by atoms with E-state index in [1.165, 1.54) is 11.8 Å². The number of anilines is 2. The maximum absolute atomic E-state index is 13.2. The molecule has 4 aromatic carbocycles. The zero-order valence-electron chi connectivity index (χ0n) is 21.5. The lowest BCUT2D eigenvalue weighted by Crippen LogP contribution is -2.30. The first-order valence-electron chi connectivity index (χ1n) is 12.2. The van der Waals surface area contributed by atoms with Crippen LogP contribution in [0.5, 0.6) is 5.75 Å². The van der Waals surface area contributed by atoms with Gasteiger partial charge in [-0.25, -0.2) is 0 Å². The van der Waals surface area contributed by atoms with Gasteiger partial charge >= 0.3 is 0 Å². The molecule has 0 spiro atoms. The second kappa shape index (κ2) is 14.0. The molecule has 4 rings (SSSR count). The Balaban J connectivity index is 1.38. The minimum absolute atomic E-state index is 0.0600. The summed E-state index contributed by atoms with van der Waals surface area (Å²) in [7, 11) is 1.58. The number of rotatable bonds is 10. The summed E-state index contributed by atoms with van der Waals surface area (Å²) >= 11 is 7.47. The van der Waals surface area contributed by atoms with Crippen molar-refractivity contribution in [2.24, 2.45) is 0 Å². The van der Waals surface area contributed by atoms with Crippen LogP contribution in [0.1, 0.15) is 15.9 Å². The van der Waals surface area contributed by atoms with Gasteiger partial charge in [-0.2, -0.15) is 0 Å². The summed E-state index contributed by atoms with van der Waals surface area (Å²) in [6, 6.07) is 29.8. The number of benzene rings is 4. The van der Waals surface area contributed by atoms with Crippen molar-refractivity contribution < 1.29 is 19.1 Å². The molecule has 4 aromatic rings. The number of methoxy groups -OCH3 is 1. The number of nitrogens with one attached hydrogen (secondary N) is 3. The number of amides is 3. The number of carbonyl (C=O) groups is 3. The van der Waals surface area contributed by atoms with Crippen molar-refractivity contribution in [3.63, 3.8) is 0 Å². The predicted molar refractivity (Wildman–Crippen MR) is 161 cm³/mol. The maximum Gasteiger partial charge on any atom is 0.272 e. The van der Waals surface area contributed by atoms with Crippen molar-refractivity contribution in [2.75, 3.05) is 23.5 Å². The zero-order valence-corrected chi connectivity index (χ0v) is 23.1. The van der Waals surface area contributed by atoms with Crippen molar-refractivity contribution in [3.05, 3.63) is 125 Å². The van der Waals surface area contributed by atoms with Crippen molar-refractivity contribution in [1.82, 2.24) is 5.32 Å². The molecule has 0 radical (unpaired) electrons. The highest BCUT2D eigenvalue weighted by atomic mass is 35.5. The highest BCUT2D eigenvalue weighted by molar-refractivity contribution is 8.00. The molecule has 0 aliphatic heterocycles. The van der Waals surface area contributed by atoms with E-state index in [-0.39, 0.29) is 17.4 Å². The molecule has 3 N–H and O–H groups in total. The van der Waals surface area contributed by atoms with Crippen LogP contribution in [0.15, 0.2) is 114 Å². The minimum atomic E-state index is -0.497. The van der Waals surface area contributed by atoms with E-state index in [1.807, 2.05) is 18.2 Å². The Hall–Kier alpha value is -4.53. The molecule has 0 heterocycles. The molecule has 0 atom stereocenters. The lowest BCUT2D eigenvalue weighted by molar-refractivity contribution is -0.114. The summed E-state index contributed by atoms with van der Waals surface area (Å²) in [5.74, 6) is -0.120. The number of hydrogen-bond donors (Lipinski definition) is 3. The molecule has 40 heavy (non-hydrogen) atoms. The third-order valence-electron chi connectivity index (χ3n) is 5.54. The van der Waals surface area contributed by atoms with Crippen LogP contribution in [0.4, 0.5) is 11.4 Å². The third-order valence-corrected chi connectivity index (χ3v) is 6.79. The molecule has 202 valence electrons. The normalized spacial score (nSPS) is 10.9. The summed E-state index contributed by atoms with van der Waals surface area (Å²) in [5, 5.41) is 8.87. The van der Waals surface area contributed by atoms with E-state index in [2.05, 4.69) is 16.0 Å². The van der Waals surface area contributed by atoms with Crippen molar-refractivity contribution in [1.29, 1.82) is 0 Å². The van der Waals surface area contributed by atoms with Gasteiger partial charge in [0.2, 0.25) is 5.91 Å². The van der Waals surface area contributed by atoms with Crippen molar-refractivity contribution in [2.45, 2.75) is 4.90 Å². The second-order valence-electron chi connectivity index (χ2n) is 8.48. The summed E-state index contributed by atoms with van der Waals surface area (Å²) in [6.45, 7) is 0. The average Bonchev–Trinajstić information content (AvgIpc) is 2.97. The fraction of sp³-hybridized carbons (Fsp3) is 0.0645. The Morgan fingerprint density at radius 1 is 0.825 bits per heavy atom. The maximum atomic E-state index is 13.2. The Morgan fingerprint density at radius 2 is 1.50 bits per heavy atom. The zero-order chi connectivity index (χ0) is 28.3. The van der Waals surface area contributed by atoms with Crippen molar-refractivity contribution >= 4 is 58.5 Å². The molecule has 0 aromatic heterocycles. The second-order valence-corrected chi connectivity index (χ2v) is 9.96. The van der Waals surface area contributed by atoms with E-state index < -0.39 is 11.8 Å². The summed E-state index contributed by atoms with van der Waals surface area (Å²) in [5.41, 5.74) is 2.36. The van der Waals surface area contributed by atoms with Gasteiger partial charge in [0.05, 0.1) is 12.9 Å². The van der Waals surface area contributed by atoms with E-state index in [1.54, 1.807) is 98.1 Å². The Morgan fingerprint density at radius 3 is 2.17 bits per heavy atom. The molecule has 0 aliphatic carbocycles. The van der Waals surface area contributed by atoms with Gasteiger partial charge in [-0.1, -0.05) is 41.9 Å². The largest absolute Gasteiger partial charge is 0.497 e. The lowest BCUT2D eigenvalue weighted by Gasteiger charge is -2.12. The number of thioether (sulfide) groups is 1. The Kier molecular flexibility index (Phi) is 9.99. The van der Waals surface area contributed by atoms with E-state index in [0.29, 0.717) is 33.3 Å². The van der Waals surface area contributed by atoms with Gasteiger partial charge in [-0.3, -0.25) is 14.4 Å². The van der Waals surface area contributed by atoms with Gasteiger partial charge < -0.3 is 20.7 Å². The molecular formula is C31H26ClN3O4S. The monoisotopic (exact) mass is 571 g/mol. The van der Waals surface area contributed by atoms with E-state index in [0.717, 1.165) is 4.90 Å². The van der Waals surface area contributed by atoms with Gasteiger partial charge in [0.25, 0.3) is 11.8 Å². The quantitative estimate of drug-likeness (QED) is 0.149. The molecule has 0 unspecified atom stereocenters. The number of ether oxygens (including phenoxy) is 1. The molecule has 3 amide bonds. The third kappa shape index (κ3) is 8.49. The van der Waals surface area contributed by atoms with Crippen LogP contribution in [-0.2, 0) is 9.59 Å². The summed E-state index contributed by atoms with van der Waals surface area (Å²) in [6.07, 6.45) is 1.56. The number of carbonyl (C=O) groups excluding carboxylic acids is 3. The fourth-order valence-corrected chi connectivity index (χ4v) is 4.46. The Labute approximate surface area is 241 Å². The van der Waals surface area contributed by atoms with Crippen LogP contribution < -0.4 is 20.7 Å². The first kappa shape index (κ1) is 28.5. The van der Waals surface area contributed by atoms with Gasteiger partial charge in [0, 0.05) is 26.9 Å². The van der Waals surface area contributed by atoms with Crippen LogP contribution in [0, 0.1) is 0 Å². The topological polar surface area (TPSA) is 96.5 Å². The molecule has 0 saturated carbocycles. The van der Waals surface area contributed by atoms with E-state index in [9.17, 15) is 14.4 Å². The van der Waals surface area contributed by atoms with Crippen LogP contribution >= 0.6 is 23.4 Å². The molecule has 9 heteroatoms. The van der Waals surface area contributed by atoms with E-state index in [4.69, 9.17) is 16.3 Å². The summed E-state index contributed by atoms with van der Waals surface area (Å²) in [4.78, 5) is 39.2. The van der Waals surface area contributed by atoms with Gasteiger partial charge in [-0.15, -0.1) is 11.8 Å². The van der Waals surface area contributed by atoms with Crippen molar-refractivity contribution in [3.8, 4) is 5.75 Å². The van der Waals surface area contributed by atoms with Crippen LogP contribution in [-0.4, -0.2) is 30.6 Å². The molecule has 7 nitrogen and oxygen atoms in total. The standard InChI is InChI=1S/C31H26ClN3O4S/c1-39-26-14-10-24(11-15-26)33-29(36)20-40-27-16-12-25(13-17-27)34-31(38)28(19-21-6-5-9-23(32)18-21)35-30(37)22-7-3-2-4-8-22/h2-19H,20H2,1H3,(H,33,36)(H,34,38)(H,35,37)/b28-19-. The fourth-order valence-electron chi connectivity index (χ4n) is 3.56. The molecule has 0 bridgehead atoms. The van der Waals surface area contributed by atoms with Crippen LogP contribution in [0.25, 0.3) is 6.08 Å². The first-order chi connectivity index (χ1) is 19.4. The molecule has 0 fully saturated rings. The predicted octanol–water partition coefficient (Wildman–Crippen LogP) is 6.49. The van der Waals surface area contributed by atoms with Gasteiger partial charge in [0.1, 0.15) is 11.4 Å². The molecule has 0 aliphatic rings. The van der Waals surface area contributed by atoms with E-state index >= 15 is 0 Å². The highest BCUT2D eigenvalue weighted by Crippen LogP contribution is 2.22. The summed E-state index contributed by atoms with van der Waals surface area (Å²) < 4.78 is 5.12. The van der Waals surface area contributed by atoms with Crippen LogP contribution in [0.2, 0.25) is 5.02 Å². The molecular weight excluding hydrogens is 546 g/mol. The minimum Gasteiger partial charge on any atom is -0.497 e. The molecule has 0 saturated heterocycles. The van der Waals surface area contributed by atoms with Gasteiger partial charge in [-0.05, 0) is 84.4 Å². The lowest BCUT2D eigenvalue weighted by atomic mass is 10.1. The highest BCUT2D eigenvalue weighted by Gasteiger charge is 2.15. The number of hydrogen-bond acceptors (Lipinski definition) is 5. The average molecular weight is 572 g/mol.